The number of imidazole rings is 1. The SMILES string of the molecule is Cc1[nH]cnc1-c1cccc(NC(=O)C(C)(C)C)c1. The summed E-state index contributed by atoms with van der Waals surface area (Å²) in [5.41, 5.74) is 3.30. The van der Waals surface area contributed by atoms with Crippen LogP contribution in [0.25, 0.3) is 11.3 Å². The summed E-state index contributed by atoms with van der Waals surface area (Å²) in [5.74, 6) is 0.00315. The van der Waals surface area contributed by atoms with Crippen molar-refractivity contribution in [1.29, 1.82) is 0 Å². The summed E-state index contributed by atoms with van der Waals surface area (Å²) in [7, 11) is 0. The Morgan fingerprint density at radius 2 is 2.05 bits per heavy atom. The van der Waals surface area contributed by atoms with Gasteiger partial charge < -0.3 is 10.3 Å². The molecule has 0 bridgehead atoms. The molecule has 0 fully saturated rings. The van der Waals surface area contributed by atoms with Gasteiger partial charge in [-0.25, -0.2) is 4.98 Å². The third-order valence-electron chi connectivity index (χ3n) is 2.90. The molecule has 4 heteroatoms. The number of aromatic amines is 1. The van der Waals surface area contributed by atoms with Crippen LogP contribution in [-0.2, 0) is 4.79 Å². The Labute approximate surface area is 113 Å². The van der Waals surface area contributed by atoms with E-state index in [2.05, 4.69) is 15.3 Å². The maximum absolute atomic E-state index is 12.0. The minimum Gasteiger partial charge on any atom is -0.348 e. The number of H-pyrrole nitrogens is 1. The van der Waals surface area contributed by atoms with Crippen LogP contribution in [0.3, 0.4) is 0 Å². The van der Waals surface area contributed by atoms with Crippen molar-refractivity contribution in [3.63, 3.8) is 0 Å². The Hall–Kier alpha value is -2.10. The van der Waals surface area contributed by atoms with Gasteiger partial charge in [0, 0.05) is 22.4 Å². The van der Waals surface area contributed by atoms with Crippen LogP contribution in [0, 0.1) is 12.3 Å². The van der Waals surface area contributed by atoms with Crippen molar-refractivity contribution in [2.24, 2.45) is 5.41 Å². The molecule has 0 aliphatic carbocycles. The molecule has 1 aromatic carbocycles. The van der Waals surface area contributed by atoms with E-state index in [9.17, 15) is 4.79 Å². The van der Waals surface area contributed by atoms with Crippen LogP contribution in [0.1, 0.15) is 26.5 Å². The number of nitrogens with one attached hydrogen (secondary N) is 2. The van der Waals surface area contributed by atoms with Crippen molar-refractivity contribution in [2.75, 3.05) is 5.32 Å². The number of anilines is 1. The van der Waals surface area contributed by atoms with Gasteiger partial charge in [0.05, 0.1) is 12.0 Å². The van der Waals surface area contributed by atoms with Gasteiger partial charge >= 0.3 is 0 Å². The molecule has 2 aromatic rings. The number of carbonyl (C=O) groups is 1. The smallest absolute Gasteiger partial charge is 0.229 e. The van der Waals surface area contributed by atoms with Crippen LogP contribution in [-0.4, -0.2) is 15.9 Å². The van der Waals surface area contributed by atoms with Crippen LogP contribution >= 0.6 is 0 Å². The van der Waals surface area contributed by atoms with E-state index in [0.29, 0.717) is 0 Å². The van der Waals surface area contributed by atoms with E-state index in [-0.39, 0.29) is 5.91 Å². The minimum atomic E-state index is -0.405. The highest BCUT2D eigenvalue weighted by atomic mass is 16.2. The molecule has 0 unspecified atom stereocenters. The normalized spacial score (nSPS) is 11.4. The third kappa shape index (κ3) is 3.02. The van der Waals surface area contributed by atoms with Gasteiger partial charge in [0.1, 0.15) is 0 Å². The van der Waals surface area contributed by atoms with Gasteiger partial charge in [-0.1, -0.05) is 32.9 Å². The number of rotatable bonds is 2. The van der Waals surface area contributed by atoms with E-state index in [1.54, 1.807) is 6.33 Å². The van der Waals surface area contributed by atoms with Gasteiger partial charge in [0.2, 0.25) is 5.91 Å². The number of benzene rings is 1. The van der Waals surface area contributed by atoms with Gasteiger partial charge in [-0.15, -0.1) is 0 Å². The van der Waals surface area contributed by atoms with Crippen molar-refractivity contribution in [3.05, 3.63) is 36.3 Å². The van der Waals surface area contributed by atoms with Gasteiger partial charge in [-0.05, 0) is 19.1 Å². The first-order chi connectivity index (χ1) is 8.88. The molecule has 0 spiro atoms. The molecule has 4 nitrogen and oxygen atoms in total. The van der Waals surface area contributed by atoms with Gasteiger partial charge in [0.15, 0.2) is 0 Å². The maximum Gasteiger partial charge on any atom is 0.229 e. The molecule has 2 N–H and O–H groups in total. The topological polar surface area (TPSA) is 57.8 Å². The second kappa shape index (κ2) is 4.88. The number of hydrogen-bond donors (Lipinski definition) is 2. The largest absolute Gasteiger partial charge is 0.348 e. The molecule has 1 heterocycles. The van der Waals surface area contributed by atoms with Crippen molar-refractivity contribution in [2.45, 2.75) is 27.7 Å². The fraction of sp³-hybridized carbons (Fsp3) is 0.333. The molecule has 0 saturated carbocycles. The van der Waals surface area contributed by atoms with Crippen molar-refractivity contribution < 1.29 is 4.79 Å². The lowest BCUT2D eigenvalue weighted by Crippen LogP contribution is -2.27. The summed E-state index contributed by atoms with van der Waals surface area (Å²) < 4.78 is 0. The molecule has 100 valence electrons. The second-order valence-electron chi connectivity index (χ2n) is 5.66. The number of amides is 1. The Balaban J connectivity index is 2.26. The van der Waals surface area contributed by atoms with Crippen molar-refractivity contribution in [1.82, 2.24) is 9.97 Å². The summed E-state index contributed by atoms with van der Waals surface area (Å²) in [4.78, 5) is 19.3. The van der Waals surface area contributed by atoms with Gasteiger partial charge in [-0.3, -0.25) is 4.79 Å². The van der Waals surface area contributed by atoms with E-state index in [1.807, 2.05) is 52.0 Å². The highest BCUT2D eigenvalue weighted by Crippen LogP contribution is 2.24. The summed E-state index contributed by atoms with van der Waals surface area (Å²) in [6.07, 6.45) is 1.67. The first kappa shape index (κ1) is 13.3. The molecule has 1 aromatic heterocycles. The molecule has 1 amide bonds. The molecular formula is C15H19N3O. The van der Waals surface area contributed by atoms with E-state index in [1.165, 1.54) is 0 Å². The molecule has 0 aliphatic heterocycles. The molecule has 19 heavy (non-hydrogen) atoms. The van der Waals surface area contributed by atoms with Gasteiger partial charge in [-0.2, -0.15) is 0 Å². The van der Waals surface area contributed by atoms with Crippen LogP contribution in [0.5, 0.6) is 0 Å². The van der Waals surface area contributed by atoms with E-state index in [0.717, 1.165) is 22.6 Å². The van der Waals surface area contributed by atoms with E-state index < -0.39 is 5.41 Å². The Morgan fingerprint density at radius 3 is 2.63 bits per heavy atom. The Bertz CT molecular complexity index is 593. The summed E-state index contributed by atoms with van der Waals surface area (Å²) in [6.45, 7) is 7.65. The van der Waals surface area contributed by atoms with E-state index in [4.69, 9.17) is 0 Å². The van der Waals surface area contributed by atoms with Crippen LogP contribution in [0.2, 0.25) is 0 Å². The van der Waals surface area contributed by atoms with Crippen LogP contribution in [0.4, 0.5) is 5.69 Å². The first-order valence-electron chi connectivity index (χ1n) is 6.30. The molecule has 2 rings (SSSR count). The lowest BCUT2D eigenvalue weighted by atomic mass is 9.95. The molecule has 0 aliphatic rings. The van der Waals surface area contributed by atoms with Crippen LogP contribution < -0.4 is 5.32 Å². The maximum atomic E-state index is 12.0. The van der Waals surface area contributed by atoms with Crippen molar-refractivity contribution in [3.8, 4) is 11.3 Å². The standard InChI is InChI=1S/C15H19N3O/c1-10-13(17-9-16-10)11-6-5-7-12(8-11)18-14(19)15(2,3)4/h5-9H,1-4H3,(H,16,17)(H,18,19). The summed E-state index contributed by atoms with van der Waals surface area (Å²) in [6, 6.07) is 7.72. The highest BCUT2D eigenvalue weighted by molar-refractivity contribution is 5.95. The average molecular weight is 257 g/mol. The zero-order valence-corrected chi connectivity index (χ0v) is 11.7. The van der Waals surface area contributed by atoms with Crippen molar-refractivity contribution >= 4 is 11.6 Å². The number of nitrogens with zero attached hydrogens (tertiary/aromatic N) is 1. The summed E-state index contributed by atoms with van der Waals surface area (Å²) >= 11 is 0. The monoisotopic (exact) mass is 257 g/mol. The lowest BCUT2D eigenvalue weighted by Gasteiger charge is -2.17. The fourth-order valence-corrected chi connectivity index (χ4v) is 1.71. The fourth-order valence-electron chi connectivity index (χ4n) is 1.71. The highest BCUT2D eigenvalue weighted by Gasteiger charge is 2.21. The zero-order chi connectivity index (χ0) is 14.0. The predicted molar refractivity (Wildman–Crippen MR) is 76.8 cm³/mol. The Morgan fingerprint density at radius 1 is 1.32 bits per heavy atom. The van der Waals surface area contributed by atoms with Crippen LogP contribution in [0.15, 0.2) is 30.6 Å². The minimum absolute atomic E-state index is 0.00315. The number of aryl methyl sites for hydroxylation is 1. The summed E-state index contributed by atoms with van der Waals surface area (Å²) in [5, 5.41) is 2.93. The number of hydrogen-bond acceptors (Lipinski definition) is 2. The lowest BCUT2D eigenvalue weighted by molar-refractivity contribution is -0.123. The zero-order valence-electron chi connectivity index (χ0n) is 11.7. The second-order valence-corrected chi connectivity index (χ2v) is 5.66. The van der Waals surface area contributed by atoms with Gasteiger partial charge in [0.25, 0.3) is 0 Å². The van der Waals surface area contributed by atoms with E-state index >= 15 is 0 Å². The number of aromatic nitrogens is 2. The molecular weight excluding hydrogens is 238 g/mol. The predicted octanol–water partition coefficient (Wildman–Crippen LogP) is 3.37. The average Bonchev–Trinajstić information content (AvgIpc) is 2.74. The quantitative estimate of drug-likeness (QED) is 0.866. The number of carbonyl (C=O) groups excluding carboxylic acids is 1. The molecule has 0 radical (unpaired) electrons. The Kier molecular flexibility index (Phi) is 3.42. The molecule has 0 atom stereocenters. The third-order valence-corrected chi connectivity index (χ3v) is 2.90. The molecule has 0 saturated heterocycles. The first-order valence-corrected chi connectivity index (χ1v) is 6.30.